The van der Waals surface area contributed by atoms with Crippen LogP contribution in [0.25, 0.3) is 0 Å². The first kappa shape index (κ1) is 18.2. The van der Waals surface area contributed by atoms with Crippen molar-refractivity contribution in [2.24, 2.45) is 28.6 Å². The normalized spacial score (nSPS) is 50.7. The van der Waals surface area contributed by atoms with Gasteiger partial charge in [0.25, 0.3) is 11.6 Å². The molecule has 0 aromatic heterocycles. The van der Waals surface area contributed by atoms with Gasteiger partial charge >= 0.3 is 5.97 Å². The number of piperidine rings is 1. The summed E-state index contributed by atoms with van der Waals surface area (Å²) in [6, 6.07) is 0.0236. The fourth-order valence-electron chi connectivity index (χ4n) is 7.66. The SMILES string of the molecule is COC(=O)C1(F)C[C@@]2(C)C(CC[C@@H]3[C@H]2CC[C@]2(C)CCC[C@@H]32)N(C)C1=O. The van der Waals surface area contributed by atoms with Crippen molar-refractivity contribution >= 4 is 11.9 Å². The van der Waals surface area contributed by atoms with Gasteiger partial charge in [0.15, 0.2) is 0 Å². The Labute approximate surface area is 155 Å². The van der Waals surface area contributed by atoms with Crippen molar-refractivity contribution in [3.05, 3.63) is 0 Å². The Bertz CT molecular complexity index is 639. The summed E-state index contributed by atoms with van der Waals surface area (Å²) in [5.41, 5.74) is -2.46. The van der Waals surface area contributed by atoms with E-state index in [0.29, 0.717) is 23.2 Å². The van der Waals surface area contributed by atoms with Gasteiger partial charge in [0.1, 0.15) is 0 Å². The summed E-state index contributed by atoms with van der Waals surface area (Å²) < 4.78 is 20.4. The molecule has 3 aliphatic carbocycles. The molecule has 146 valence electrons. The highest BCUT2D eigenvalue weighted by molar-refractivity contribution is 6.06. The van der Waals surface area contributed by atoms with Crippen LogP contribution in [0.3, 0.4) is 0 Å². The molecule has 4 rings (SSSR count). The van der Waals surface area contributed by atoms with Gasteiger partial charge in [-0.3, -0.25) is 4.79 Å². The molecule has 4 aliphatic rings. The molecule has 7 atom stereocenters. The number of esters is 1. The number of amides is 1. The Morgan fingerprint density at radius 1 is 1.15 bits per heavy atom. The Balaban J connectivity index is 1.71. The van der Waals surface area contributed by atoms with E-state index in [0.717, 1.165) is 19.3 Å². The van der Waals surface area contributed by atoms with Crippen molar-refractivity contribution in [2.75, 3.05) is 14.2 Å². The lowest BCUT2D eigenvalue weighted by Gasteiger charge is -2.62. The maximum atomic E-state index is 15.7. The molecular weight excluding hydrogens is 333 g/mol. The number of fused-ring (bicyclic) bond motifs is 5. The molecule has 4 nitrogen and oxygen atoms in total. The maximum absolute atomic E-state index is 15.7. The molecule has 26 heavy (non-hydrogen) atoms. The molecule has 0 spiro atoms. The zero-order valence-corrected chi connectivity index (χ0v) is 16.5. The van der Waals surface area contributed by atoms with Gasteiger partial charge < -0.3 is 9.64 Å². The summed E-state index contributed by atoms with van der Waals surface area (Å²) in [5.74, 6) is -0.0488. The number of rotatable bonds is 1. The van der Waals surface area contributed by atoms with Gasteiger partial charge in [-0.05, 0) is 67.1 Å². The Kier molecular flexibility index (Phi) is 3.99. The molecule has 1 aliphatic heterocycles. The predicted molar refractivity (Wildman–Crippen MR) is 96.0 cm³/mol. The van der Waals surface area contributed by atoms with E-state index in [2.05, 4.69) is 13.8 Å². The smallest absolute Gasteiger partial charge is 0.353 e. The first-order chi connectivity index (χ1) is 12.2. The van der Waals surface area contributed by atoms with Crippen LogP contribution < -0.4 is 0 Å². The Hall–Kier alpha value is -1.13. The van der Waals surface area contributed by atoms with Crippen molar-refractivity contribution in [1.82, 2.24) is 4.90 Å². The van der Waals surface area contributed by atoms with Crippen LogP contribution >= 0.6 is 0 Å². The Morgan fingerprint density at radius 3 is 2.58 bits per heavy atom. The molecule has 0 aromatic carbocycles. The minimum Gasteiger partial charge on any atom is -0.466 e. The standard InChI is InChI=1S/C21H32FNO3/c1-19-10-5-6-14(19)13-7-8-16-20(2,15(13)9-11-19)12-21(22,18(25)26-4)17(24)23(16)3/h13-16H,5-12H2,1-4H3/t13-,14-,15+,16?,19-,20+,21?/m0/s1. The summed E-state index contributed by atoms with van der Waals surface area (Å²) in [7, 11) is 2.84. The van der Waals surface area contributed by atoms with Crippen LogP contribution in [0.15, 0.2) is 0 Å². The molecule has 0 radical (unpaired) electrons. The first-order valence-electron chi connectivity index (χ1n) is 10.2. The van der Waals surface area contributed by atoms with Gasteiger partial charge in [-0.2, -0.15) is 0 Å². The summed E-state index contributed by atoms with van der Waals surface area (Å²) in [5, 5.41) is 0. The van der Waals surface area contributed by atoms with Crippen LogP contribution in [0.5, 0.6) is 0 Å². The van der Waals surface area contributed by atoms with Gasteiger partial charge in [0.05, 0.1) is 7.11 Å². The zero-order chi connectivity index (χ0) is 18.9. The largest absolute Gasteiger partial charge is 0.466 e. The fourth-order valence-corrected chi connectivity index (χ4v) is 7.66. The molecule has 4 fully saturated rings. The van der Waals surface area contributed by atoms with Crippen molar-refractivity contribution in [2.45, 2.75) is 76.9 Å². The lowest BCUT2D eigenvalue weighted by atomic mass is 9.46. The predicted octanol–water partition coefficient (Wildman–Crippen LogP) is 3.73. The van der Waals surface area contributed by atoms with E-state index in [9.17, 15) is 9.59 Å². The van der Waals surface area contributed by atoms with E-state index in [4.69, 9.17) is 4.74 Å². The first-order valence-corrected chi connectivity index (χ1v) is 10.2. The molecule has 2 unspecified atom stereocenters. The number of carbonyl (C=O) groups is 2. The summed E-state index contributed by atoms with van der Waals surface area (Å²) in [6.07, 6.45) is 8.20. The molecule has 3 saturated carbocycles. The topological polar surface area (TPSA) is 46.6 Å². The van der Waals surface area contributed by atoms with Gasteiger partial charge in [0.2, 0.25) is 0 Å². The van der Waals surface area contributed by atoms with E-state index in [1.165, 1.54) is 37.7 Å². The second-order valence-electron chi connectivity index (χ2n) is 9.95. The van der Waals surface area contributed by atoms with Crippen LogP contribution in [0.1, 0.15) is 65.2 Å². The minimum absolute atomic E-state index is 0.0227. The van der Waals surface area contributed by atoms with Crippen LogP contribution in [-0.2, 0) is 14.3 Å². The van der Waals surface area contributed by atoms with Crippen molar-refractivity contribution in [3.63, 3.8) is 0 Å². The van der Waals surface area contributed by atoms with E-state index < -0.39 is 17.5 Å². The highest BCUT2D eigenvalue weighted by Gasteiger charge is 2.66. The summed E-state index contributed by atoms with van der Waals surface area (Å²) >= 11 is 0. The molecule has 5 heteroatoms. The number of likely N-dealkylation sites (tertiary alicyclic amines) is 1. The monoisotopic (exact) mass is 365 g/mol. The van der Waals surface area contributed by atoms with E-state index in [1.54, 1.807) is 7.05 Å². The third-order valence-electron chi connectivity index (χ3n) is 8.86. The lowest BCUT2D eigenvalue weighted by Crippen LogP contribution is -2.69. The minimum atomic E-state index is -2.53. The summed E-state index contributed by atoms with van der Waals surface area (Å²) in [4.78, 5) is 26.4. The maximum Gasteiger partial charge on any atom is 0.353 e. The van der Waals surface area contributed by atoms with Crippen LogP contribution in [-0.4, -0.2) is 42.6 Å². The summed E-state index contributed by atoms with van der Waals surface area (Å²) in [6.45, 7) is 4.58. The lowest BCUT2D eigenvalue weighted by molar-refractivity contribution is -0.193. The zero-order valence-electron chi connectivity index (χ0n) is 16.5. The average molecular weight is 365 g/mol. The fraction of sp³-hybridized carbons (Fsp3) is 0.905. The van der Waals surface area contributed by atoms with Gasteiger partial charge in [-0.25, -0.2) is 9.18 Å². The molecule has 0 N–H and O–H groups in total. The highest BCUT2D eigenvalue weighted by atomic mass is 19.1. The number of hydrogen-bond donors (Lipinski definition) is 0. The van der Waals surface area contributed by atoms with E-state index in [-0.39, 0.29) is 17.9 Å². The Morgan fingerprint density at radius 2 is 1.88 bits per heavy atom. The van der Waals surface area contributed by atoms with Crippen LogP contribution in [0.4, 0.5) is 4.39 Å². The number of hydrogen-bond acceptors (Lipinski definition) is 3. The molecule has 0 bridgehead atoms. The number of methoxy groups -OCH3 is 1. The quantitative estimate of drug-likeness (QED) is 0.525. The third kappa shape index (κ3) is 2.18. The number of alkyl halides is 1. The van der Waals surface area contributed by atoms with E-state index in [1.807, 2.05) is 0 Å². The molecule has 1 heterocycles. The van der Waals surface area contributed by atoms with Gasteiger partial charge in [-0.1, -0.05) is 20.3 Å². The molecule has 1 saturated heterocycles. The third-order valence-corrected chi connectivity index (χ3v) is 8.86. The molecular formula is C21H32FNO3. The molecule has 0 aromatic rings. The van der Waals surface area contributed by atoms with Crippen molar-refractivity contribution in [3.8, 4) is 0 Å². The second-order valence-corrected chi connectivity index (χ2v) is 9.95. The van der Waals surface area contributed by atoms with Gasteiger partial charge in [0, 0.05) is 19.5 Å². The van der Waals surface area contributed by atoms with E-state index >= 15 is 4.39 Å². The van der Waals surface area contributed by atoms with Crippen molar-refractivity contribution < 1.29 is 18.7 Å². The van der Waals surface area contributed by atoms with Crippen LogP contribution in [0, 0.1) is 28.6 Å². The number of carbonyl (C=O) groups excluding carboxylic acids is 2. The van der Waals surface area contributed by atoms with Gasteiger partial charge in [-0.15, -0.1) is 0 Å². The molecule has 1 amide bonds. The highest BCUT2D eigenvalue weighted by Crippen LogP contribution is 2.65. The number of halogens is 1. The number of nitrogens with zero attached hydrogens (tertiary/aromatic N) is 1. The van der Waals surface area contributed by atoms with Crippen LogP contribution in [0.2, 0.25) is 0 Å². The number of ether oxygens (including phenoxy) is 1. The second kappa shape index (κ2) is 5.68. The van der Waals surface area contributed by atoms with Crippen molar-refractivity contribution in [1.29, 1.82) is 0 Å². The average Bonchev–Trinajstić information content (AvgIpc) is 3.00.